The largest absolute Gasteiger partial charge is 0.507 e. The number of ketones is 1. The number of phenols is 1. The quantitative estimate of drug-likeness (QED) is 0.263. The zero-order chi connectivity index (χ0) is 27.0. The number of hydrogen-bond acceptors (Lipinski definition) is 7. The number of anilines is 1. The van der Waals surface area contributed by atoms with Gasteiger partial charge in [-0.2, -0.15) is 0 Å². The lowest BCUT2D eigenvalue weighted by Crippen LogP contribution is -2.29. The van der Waals surface area contributed by atoms with E-state index in [1.54, 1.807) is 0 Å². The maximum atomic E-state index is 14.1. The summed E-state index contributed by atoms with van der Waals surface area (Å²) in [6.07, 6.45) is 0. The molecule has 3 aromatic rings. The van der Waals surface area contributed by atoms with Crippen molar-refractivity contribution in [2.45, 2.75) is 6.04 Å². The third-order valence-electron chi connectivity index (χ3n) is 5.87. The zero-order valence-corrected chi connectivity index (χ0v) is 20.5. The lowest BCUT2D eigenvalue weighted by molar-refractivity contribution is -0.132. The van der Waals surface area contributed by atoms with E-state index in [9.17, 15) is 28.6 Å². The summed E-state index contributed by atoms with van der Waals surface area (Å²) in [4.78, 5) is 27.4. The molecule has 192 valence electrons. The predicted octanol–water partition coefficient (Wildman–Crippen LogP) is 4.98. The average molecular weight is 532 g/mol. The molecule has 4 rings (SSSR count). The van der Waals surface area contributed by atoms with Gasteiger partial charge in [0.2, 0.25) is 0 Å². The van der Waals surface area contributed by atoms with Gasteiger partial charge in [0, 0.05) is 17.8 Å². The van der Waals surface area contributed by atoms with Crippen LogP contribution in [0.3, 0.4) is 0 Å². The van der Waals surface area contributed by atoms with E-state index in [0.29, 0.717) is 0 Å². The number of methoxy groups -OCH3 is 3. The van der Waals surface area contributed by atoms with Gasteiger partial charge in [-0.1, -0.05) is 17.7 Å². The molecule has 8 nitrogen and oxygen atoms in total. The maximum Gasteiger partial charge on any atom is 0.300 e. The minimum Gasteiger partial charge on any atom is -0.507 e. The molecule has 1 aliphatic rings. The van der Waals surface area contributed by atoms with Crippen molar-refractivity contribution in [3.63, 3.8) is 0 Å². The van der Waals surface area contributed by atoms with Gasteiger partial charge in [0.25, 0.3) is 11.7 Å². The van der Waals surface area contributed by atoms with Crippen LogP contribution < -0.4 is 19.1 Å². The van der Waals surface area contributed by atoms with Crippen molar-refractivity contribution in [1.29, 1.82) is 0 Å². The molecule has 2 N–H and O–H groups in total. The fourth-order valence-electron chi connectivity index (χ4n) is 4.12. The molecule has 1 fully saturated rings. The summed E-state index contributed by atoms with van der Waals surface area (Å²) in [6, 6.07) is 8.07. The molecule has 0 aliphatic carbocycles. The molecule has 1 heterocycles. The molecule has 1 aliphatic heterocycles. The summed E-state index contributed by atoms with van der Waals surface area (Å²) in [5, 5.41) is 21.8. The number of rotatable bonds is 6. The lowest BCUT2D eigenvalue weighted by Gasteiger charge is -2.26. The molecule has 3 aromatic carbocycles. The summed E-state index contributed by atoms with van der Waals surface area (Å²) in [6.45, 7) is 0. The molecule has 1 unspecified atom stereocenters. The van der Waals surface area contributed by atoms with Gasteiger partial charge < -0.3 is 24.4 Å². The Morgan fingerprint density at radius 3 is 2.16 bits per heavy atom. The van der Waals surface area contributed by atoms with E-state index in [4.69, 9.17) is 25.8 Å². The van der Waals surface area contributed by atoms with E-state index in [1.807, 2.05) is 0 Å². The van der Waals surface area contributed by atoms with Gasteiger partial charge in [-0.15, -0.1) is 0 Å². The highest BCUT2D eigenvalue weighted by Crippen LogP contribution is 2.46. The Morgan fingerprint density at radius 2 is 1.57 bits per heavy atom. The predicted molar refractivity (Wildman–Crippen MR) is 130 cm³/mol. The molecule has 0 radical (unpaired) electrons. The van der Waals surface area contributed by atoms with Gasteiger partial charge in [0.15, 0.2) is 23.1 Å². The minimum absolute atomic E-state index is 0.0284. The summed E-state index contributed by atoms with van der Waals surface area (Å²) >= 11 is 6.24. The van der Waals surface area contributed by atoms with Crippen LogP contribution in [-0.2, 0) is 9.59 Å². The van der Waals surface area contributed by atoms with Gasteiger partial charge in [0.05, 0.1) is 43.5 Å². The molecule has 1 atom stereocenters. The van der Waals surface area contributed by atoms with E-state index in [0.717, 1.165) is 23.1 Å². The Bertz CT molecular complexity index is 1460. The summed E-state index contributed by atoms with van der Waals surface area (Å²) < 4.78 is 43.3. The highest BCUT2D eigenvalue weighted by molar-refractivity contribution is 6.51. The van der Waals surface area contributed by atoms with Crippen LogP contribution in [0.5, 0.6) is 23.0 Å². The molecule has 0 saturated carbocycles. The number of aliphatic hydroxyl groups is 1. The minimum atomic E-state index is -1.35. The summed E-state index contributed by atoms with van der Waals surface area (Å²) in [5.41, 5.74) is -0.416. The highest BCUT2D eigenvalue weighted by Gasteiger charge is 2.47. The topological polar surface area (TPSA) is 106 Å². The van der Waals surface area contributed by atoms with Crippen LogP contribution in [0, 0.1) is 11.6 Å². The maximum absolute atomic E-state index is 14.1. The number of carbonyl (C=O) groups is 2. The van der Waals surface area contributed by atoms with Crippen molar-refractivity contribution in [3.8, 4) is 23.0 Å². The van der Waals surface area contributed by atoms with Crippen molar-refractivity contribution in [2.75, 3.05) is 26.2 Å². The number of nitrogens with zero attached hydrogens (tertiary/aromatic N) is 1. The molecule has 0 spiro atoms. The van der Waals surface area contributed by atoms with Crippen LogP contribution in [0.15, 0.2) is 54.1 Å². The van der Waals surface area contributed by atoms with Crippen molar-refractivity contribution < 1.29 is 42.8 Å². The number of halogens is 3. The SMILES string of the molecule is COc1ccc(C2/C(=C(\O)c3cc(Cl)c(OC)cc3OC)C(=O)C(=O)N2c2ccc(F)c(F)c2)cc1O. The Kier molecular flexibility index (Phi) is 6.95. The van der Waals surface area contributed by atoms with Gasteiger partial charge in [-0.25, -0.2) is 8.78 Å². The van der Waals surface area contributed by atoms with Gasteiger partial charge in [-0.3, -0.25) is 14.5 Å². The number of ether oxygens (including phenoxy) is 3. The standard InChI is InChI=1S/C26H20ClF2NO7/c1-35-19-7-4-12(8-18(19)31)23-22(24(32)14-10-15(27)21(37-3)11-20(14)36-2)25(33)26(34)30(23)13-5-6-16(28)17(29)9-13/h4-11,23,31-32H,1-3H3/b24-22+. The number of amides is 1. The first-order valence-corrected chi connectivity index (χ1v) is 11.1. The Labute approximate surface area is 214 Å². The third-order valence-corrected chi connectivity index (χ3v) is 6.17. The number of phenolic OH excluding ortho intramolecular Hbond substituents is 1. The van der Waals surface area contributed by atoms with E-state index < -0.39 is 40.7 Å². The monoisotopic (exact) mass is 531 g/mol. The smallest absolute Gasteiger partial charge is 0.300 e. The fourth-order valence-corrected chi connectivity index (χ4v) is 4.36. The number of carbonyl (C=O) groups excluding carboxylic acids is 2. The second-order valence-corrected chi connectivity index (χ2v) is 8.29. The second-order valence-electron chi connectivity index (χ2n) is 7.89. The molecule has 0 bridgehead atoms. The van der Waals surface area contributed by atoms with Gasteiger partial charge in [-0.05, 0) is 35.9 Å². The molecule has 11 heteroatoms. The second kappa shape index (κ2) is 9.98. The number of Topliss-reactive ketones (excluding diaryl/α,β-unsaturated/α-hetero) is 1. The van der Waals surface area contributed by atoms with E-state index in [2.05, 4.69) is 0 Å². The van der Waals surface area contributed by atoms with Crippen LogP contribution >= 0.6 is 11.6 Å². The van der Waals surface area contributed by atoms with Crippen LogP contribution in [-0.4, -0.2) is 43.2 Å². The lowest BCUT2D eigenvalue weighted by atomic mass is 9.94. The first kappa shape index (κ1) is 25.8. The summed E-state index contributed by atoms with van der Waals surface area (Å²) in [5.74, 6) is -5.19. The summed E-state index contributed by atoms with van der Waals surface area (Å²) in [7, 11) is 4.03. The number of hydrogen-bond donors (Lipinski definition) is 2. The number of aromatic hydroxyl groups is 1. The van der Waals surface area contributed by atoms with Crippen molar-refractivity contribution in [3.05, 3.63) is 81.9 Å². The highest BCUT2D eigenvalue weighted by atomic mass is 35.5. The van der Waals surface area contributed by atoms with Crippen LogP contribution in [0.4, 0.5) is 14.5 Å². The van der Waals surface area contributed by atoms with E-state index in [1.165, 1.54) is 51.7 Å². The average Bonchev–Trinajstić information content (AvgIpc) is 3.15. The molecule has 37 heavy (non-hydrogen) atoms. The normalized spacial score (nSPS) is 16.7. The van der Waals surface area contributed by atoms with E-state index in [-0.39, 0.29) is 44.8 Å². The first-order chi connectivity index (χ1) is 17.6. The Hall–Kier alpha value is -4.31. The number of aliphatic hydroxyl groups excluding tert-OH is 1. The van der Waals surface area contributed by atoms with E-state index >= 15 is 0 Å². The zero-order valence-electron chi connectivity index (χ0n) is 19.7. The molecular formula is C26H20ClF2NO7. The van der Waals surface area contributed by atoms with Crippen molar-refractivity contribution in [2.24, 2.45) is 0 Å². The van der Waals surface area contributed by atoms with Crippen molar-refractivity contribution >= 4 is 34.7 Å². The first-order valence-electron chi connectivity index (χ1n) is 10.7. The molecular weight excluding hydrogens is 512 g/mol. The molecule has 1 saturated heterocycles. The third kappa shape index (κ3) is 4.40. The van der Waals surface area contributed by atoms with Crippen molar-refractivity contribution in [1.82, 2.24) is 0 Å². The Morgan fingerprint density at radius 1 is 0.892 bits per heavy atom. The molecule has 1 amide bonds. The van der Waals surface area contributed by atoms with Crippen LogP contribution in [0.1, 0.15) is 17.2 Å². The fraction of sp³-hybridized carbons (Fsp3) is 0.154. The number of benzene rings is 3. The van der Waals surface area contributed by atoms with Gasteiger partial charge >= 0.3 is 0 Å². The Balaban J connectivity index is 2.01. The van der Waals surface area contributed by atoms with Crippen LogP contribution in [0.2, 0.25) is 5.02 Å². The van der Waals surface area contributed by atoms with Crippen LogP contribution in [0.25, 0.3) is 5.76 Å². The van der Waals surface area contributed by atoms with Gasteiger partial charge in [0.1, 0.15) is 17.3 Å². The molecule has 0 aromatic heterocycles.